The topological polar surface area (TPSA) is 53.1 Å². The number of nitrogens with zero attached hydrogens (tertiary/aromatic N) is 2. The predicted octanol–water partition coefficient (Wildman–Crippen LogP) is 4.70. The molecule has 0 radical (unpaired) electrons. The van der Waals surface area contributed by atoms with Gasteiger partial charge in [0.15, 0.2) is 0 Å². The second kappa shape index (κ2) is 5.88. The third-order valence-electron chi connectivity index (χ3n) is 5.84. The van der Waals surface area contributed by atoms with Gasteiger partial charge in [-0.1, -0.05) is 54.6 Å². The van der Waals surface area contributed by atoms with Crippen LogP contribution in [0.5, 0.6) is 0 Å². The van der Waals surface area contributed by atoms with Crippen LogP contribution >= 0.6 is 0 Å². The molecule has 0 saturated heterocycles. The van der Waals surface area contributed by atoms with Crippen LogP contribution in [0.25, 0.3) is 22.2 Å². The van der Waals surface area contributed by atoms with Crippen LogP contribution in [0.2, 0.25) is 0 Å². The van der Waals surface area contributed by atoms with Crippen LogP contribution in [0.4, 0.5) is 0 Å². The molecule has 4 heteroatoms. The summed E-state index contributed by atoms with van der Waals surface area (Å²) in [6, 6.07) is 21.7. The first-order valence-electron chi connectivity index (χ1n) is 9.73. The van der Waals surface area contributed by atoms with E-state index in [-0.39, 0.29) is 12.1 Å². The Bertz CT molecular complexity index is 1210. The van der Waals surface area contributed by atoms with Crippen molar-refractivity contribution < 1.29 is 0 Å². The molecule has 4 aromatic rings. The number of benzene rings is 3. The van der Waals surface area contributed by atoms with Crippen molar-refractivity contribution in [2.24, 2.45) is 4.99 Å². The van der Waals surface area contributed by atoms with Gasteiger partial charge in [0.1, 0.15) is 12.0 Å². The second-order valence-electron chi connectivity index (χ2n) is 7.62. The molecule has 1 aliphatic carbocycles. The van der Waals surface area contributed by atoms with Crippen molar-refractivity contribution in [2.45, 2.75) is 19.0 Å². The molecule has 0 unspecified atom stereocenters. The molecule has 2 aliphatic rings. The minimum absolute atomic E-state index is 0.0123. The fourth-order valence-electron chi connectivity index (χ4n) is 4.67. The Hall–Kier alpha value is -3.24. The van der Waals surface area contributed by atoms with Gasteiger partial charge in [-0.05, 0) is 40.8 Å². The van der Waals surface area contributed by atoms with Gasteiger partial charge in [0.05, 0.1) is 17.0 Å². The fraction of sp³-hybridized carbons (Fsp3) is 0.167. The molecule has 0 amide bonds. The lowest BCUT2D eigenvalue weighted by Crippen LogP contribution is -2.14. The first-order chi connectivity index (χ1) is 13.8. The summed E-state index contributed by atoms with van der Waals surface area (Å²) in [5.41, 5.74) is 9.70. The van der Waals surface area contributed by atoms with Gasteiger partial charge in [-0.3, -0.25) is 10.3 Å². The molecule has 1 atom stereocenters. The Balaban J connectivity index is 1.58. The van der Waals surface area contributed by atoms with Gasteiger partial charge in [0.2, 0.25) is 0 Å². The van der Waals surface area contributed by atoms with Crippen LogP contribution < -0.4 is 5.32 Å². The monoisotopic (exact) mass is 364 g/mol. The Morgan fingerprint density at radius 3 is 2.29 bits per heavy atom. The predicted molar refractivity (Wildman–Crippen MR) is 113 cm³/mol. The molecule has 0 bridgehead atoms. The molecule has 6 rings (SSSR count). The lowest BCUT2D eigenvalue weighted by molar-refractivity contribution is 0.646. The van der Waals surface area contributed by atoms with Crippen molar-refractivity contribution in [3.05, 3.63) is 88.7 Å². The number of aryl methyl sites for hydroxylation is 1. The highest BCUT2D eigenvalue weighted by atomic mass is 15.1. The largest absolute Gasteiger partial charge is 0.341 e. The van der Waals surface area contributed by atoms with Crippen LogP contribution in [0, 0.1) is 6.92 Å². The Morgan fingerprint density at radius 1 is 0.893 bits per heavy atom. The molecular weight excluding hydrogens is 344 g/mol. The van der Waals surface area contributed by atoms with Crippen LogP contribution in [-0.4, -0.2) is 22.7 Å². The zero-order valence-electron chi connectivity index (χ0n) is 15.6. The standard InChI is InChI=1S/C24H20N4/c1-14-12-19(23-25-10-11-26-23)22-20(13-14)27-24(28-22)21-17-8-4-2-6-15(17)16-7-3-5-9-18(16)21/h2-10,12-13,21,23,26H,11H2,1H3,(H,27,28)/t23-/m1/s1. The lowest BCUT2D eigenvalue weighted by atomic mass is 9.96. The van der Waals surface area contributed by atoms with E-state index in [9.17, 15) is 0 Å². The first-order valence-corrected chi connectivity index (χ1v) is 9.73. The highest BCUT2D eigenvalue weighted by Gasteiger charge is 2.32. The van der Waals surface area contributed by atoms with Gasteiger partial charge in [0, 0.05) is 18.3 Å². The lowest BCUT2D eigenvalue weighted by Gasteiger charge is -2.11. The molecule has 28 heavy (non-hydrogen) atoms. The minimum atomic E-state index is -0.0123. The van der Waals surface area contributed by atoms with Gasteiger partial charge in [-0.2, -0.15) is 0 Å². The molecule has 3 aromatic carbocycles. The number of nitrogens with one attached hydrogen (secondary N) is 2. The zero-order chi connectivity index (χ0) is 18.7. The minimum Gasteiger partial charge on any atom is -0.341 e. The molecular formula is C24H20N4. The molecule has 2 N–H and O–H groups in total. The molecule has 0 fully saturated rings. The summed E-state index contributed by atoms with van der Waals surface area (Å²) in [6.07, 6.45) is 1.93. The number of H-pyrrole nitrogens is 1. The van der Waals surface area contributed by atoms with Crippen molar-refractivity contribution in [1.29, 1.82) is 0 Å². The normalized spacial score (nSPS) is 18.0. The van der Waals surface area contributed by atoms with E-state index >= 15 is 0 Å². The highest BCUT2D eigenvalue weighted by Crippen LogP contribution is 2.47. The number of aromatic nitrogens is 2. The van der Waals surface area contributed by atoms with Gasteiger partial charge >= 0.3 is 0 Å². The van der Waals surface area contributed by atoms with Crippen molar-refractivity contribution in [3.63, 3.8) is 0 Å². The van der Waals surface area contributed by atoms with Crippen molar-refractivity contribution in [2.75, 3.05) is 6.54 Å². The first kappa shape index (κ1) is 15.8. The smallest absolute Gasteiger partial charge is 0.127 e. The van der Waals surface area contributed by atoms with Crippen LogP contribution in [0.1, 0.15) is 40.2 Å². The molecule has 4 nitrogen and oxygen atoms in total. The molecule has 136 valence electrons. The average molecular weight is 364 g/mol. The number of imidazole rings is 1. The van der Waals surface area contributed by atoms with Crippen molar-refractivity contribution >= 4 is 17.2 Å². The van der Waals surface area contributed by atoms with Gasteiger partial charge in [0.25, 0.3) is 0 Å². The van der Waals surface area contributed by atoms with E-state index in [0.29, 0.717) is 0 Å². The summed E-state index contributed by atoms with van der Waals surface area (Å²) in [5, 5.41) is 3.43. The Morgan fingerprint density at radius 2 is 1.61 bits per heavy atom. The number of aliphatic imine (C=N–C) groups is 1. The maximum absolute atomic E-state index is 5.11. The van der Waals surface area contributed by atoms with Crippen molar-refractivity contribution in [3.8, 4) is 11.1 Å². The summed E-state index contributed by atoms with van der Waals surface area (Å²) < 4.78 is 0. The molecule has 1 aliphatic heterocycles. The van der Waals surface area contributed by atoms with E-state index in [0.717, 1.165) is 29.0 Å². The Kier molecular flexibility index (Phi) is 3.31. The third-order valence-corrected chi connectivity index (χ3v) is 5.84. The van der Waals surface area contributed by atoms with E-state index in [1.54, 1.807) is 0 Å². The van der Waals surface area contributed by atoms with E-state index in [1.807, 2.05) is 6.21 Å². The second-order valence-corrected chi connectivity index (χ2v) is 7.62. The number of aromatic amines is 1. The van der Waals surface area contributed by atoms with Gasteiger partial charge in [-0.25, -0.2) is 4.98 Å². The van der Waals surface area contributed by atoms with Gasteiger partial charge in [-0.15, -0.1) is 0 Å². The summed E-state index contributed by atoms with van der Waals surface area (Å²) in [5.74, 6) is 1.13. The number of hydrogen-bond acceptors (Lipinski definition) is 3. The average Bonchev–Trinajstić information content (AvgIpc) is 3.44. The van der Waals surface area contributed by atoms with Crippen LogP contribution in [-0.2, 0) is 0 Å². The van der Waals surface area contributed by atoms with Gasteiger partial charge < -0.3 is 4.98 Å². The zero-order valence-corrected chi connectivity index (χ0v) is 15.6. The van der Waals surface area contributed by atoms with E-state index in [1.165, 1.54) is 27.8 Å². The van der Waals surface area contributed by atoms with E-state index in [2.05, 4.69) is 82.9 Å². The number of hydrogen-bond donors (Lipinski definition) is 2. The Labute approximate surface area is 163 Å². The molecule has 0 saturated carbocycles. The maximum Gasteiger partial charge on any atom is 0.127 e. The highest BCUT2D eigenvalue weighted by molar-refractivity contribution is 5.84. The molecule has 2 heterocycles. The molecule has 1 aromatic heterocycles. The van der Waals surface area contributed by atoms with Crippen molar-refractivity contribution in [1.82, 2.24) is 15.3 Å². The van der Waals surface area contributed by atoms with Crippen LogP contribution in [0.15, 0.2) is 65.7 Å². The van der Waals surface area contributed by atoms with E-state index in [4.69, 9.17) is 4.98 Å². The quantitative estimate of drug-likeness (QED) is 0.477. The summed E-state index contributed by atoms with van der Waals surface area (Å²) in [7, 11) is 0. The third kappa shape index (κ3) is 2.21. The molecule has 0 spiro atoms. The summed E-state index contributed by atoms with van der Waals surface area (Å²) in [4.78, 5) is 13.3. The van der Waals surface area contributed by atoms with Crippen LogP contribution in [0.3, 0.4) is 0 Å². The van der Waals surface area contributed by atoms with E-state index < -0.39 is 0 Å². The number of rotatable bonds is 2. The maximum atomic E-state index is 5.11. The number of fused-ring (bicyclic) bond motifs is 4. The summed E-state index contributed by atoms with van der Waals surface area (Å²) in [6.45, 7) is 2.93. The summed E-state index contributed by atoms with van der Waals surface area (Å²) >= 11 is 0. The SMILES string of the molecule is Cc1cc([C@@H]2N=CCN2)c2nc(C3c4ccccc4-c4ccccc43)[nH]c2c1. The fourth-order valence-corrected chi connectivity index (χ4v) is 4.67.